The molecule has 0 saturated carbocycles. The molecule has 0 fully saturated rings. The van der Waals surface area contributed by atoms with Gasteiger partial charge in [-0.05, 0) is 37.5 Å². The molecule has 1 heterocycles. The zero-order valence-corrected chi connectivity index (χ0v) is 7.49. The fourth-order valence-corrected chi connectivity index (χ4v) is 1.55. The van der Waals surface area contributed by atoms with Gasteiger partial charge in [0.15, 0.2) is 0 Å². The van der Waals surface area contributed by atoms with Crippen molar-refractivity contribution in [1.82, 2.24) is 4.98 Å². The second kappa shape index (κ2) is 2.95. The Morgan fingerprint density at radius 2 is 2.09 bits per heavy atom. The Bertz CT molecular complexity index is 269. The smallest absolute Gasteiger partial charge is 0.0408 e. The van der Waals surface area contributed by atoms with E-state index in [9.17, 15) is 0 Å². The summed E-state index contributed by atoms with van der Waals surface area (Å²) in [5.41, 5.74) is 5.22. The van der Waals surface area contributed by atoms with Crippen LogP contribution in [0.2, 0.25) is 0 Å². The van der Waals surface area contributed by atoms with E-state index in [0.29, 0.717) is 0 Å². The zero-order chi connectivity index (χ0) is 8.43. The molecule has 1 aromatic rings. The van der Waals surface area contributed by atoms with Crippen LogP contribution in [0.4, 0.5) is 0 Å². The summed E-state index contributed by atoms with van der Waals surface area (Å²) in [7, 11) is 0. The van der Waals surface area contributed by atoms with Gasteiger partial charge in [-0.2, -0.15) is 0 Å². The minimum atomic E-state index is 1.10. The van der Waals surface area contributed by atoms with Crippen LogP contribution in [0.1, 0.15) is 29.4 Å². The van der Waals surface area contributed by atoms with Crippen LogP contribution in [-0.2, 0) is 6.42 Å². The summed E-state index contributed by atoms with van der Waals surface area (Å²) in [5, 5.41) is 0. The van der Waals surface area contributed by atoms with Gasteiger partial charge in [0.05, 0.1) is 0 Å². The van der Waals surface area contributed by atoms with Crippen LogP contribution >= 0.6 is 0 Å². The van der Waals surface area contributed by atoms with Gasteiger partial charge < -0.3 is 4.98 Å². The van der Waals surface area contributed by atoms with Gasteiger partial charge in [-0.25, -0.2) is 0 Å². The lowest BCUT2D eigenvalue weighted by Gasteiger charge is -1.94. The number of hydrogen-bond donors (Lipinski definition) is 1. The van der Waals surface area contributed by atoms with Gasteiger partial charge in [0.2, 0.25) is 0 Å². The third-order valence-electron chi connectivity index (χ3n) is 2.19. The minimum Gasteiger partial charge on any atom is -0.359 e. The van der Waals surface area contributed by atoms with E-state index in [4.69, 9.17) is 0 Å². The highest BCUT2D eigenvalue weighted by atomic mass is 14.7. The number of rotatable bonds is 2. The molecule has 0 aliphatic carbocycles. The first-order valence-corrected chi connectivity index (χ1v) is 4.01. The summed E-state index contributed by atoms with van der Waals surface area (Å²) in [6.45, 7) is 10.2. The number of aryl methyl sites for hydroxylation is 1. The highest BCUT2D eigenvalue weighted by Gasteiger charge is 2.05. The van der Waals surface area contributed by atoms with E-state index in [1.165, 1.54) is 22.5 Å². The second-order valence-corrected chi connectivity index (χ2v) is 2.82. The topological polar surface area (TPSA) is 15.8 Å². The Kier molecular flexibility index (Phi) is 2.18. The summed E-state index contributed by atoms with van der Waals surface area (Å²) in [6.07, 6.45) is 2.98. The Labute approximate surface area is 68.1 Å². The molecule has 1 heteroatoms. The van der Waals surface area contributed by atoms with Gasteiger partial charge in [-0.3, -0.25) is 0 Å². The average molecular weight is 149 g/mol. The van der Waals surface area contributed by atoms with Crippen molar-refractivity contribution >= 4 is 6.08 Å². The van der Waals surface area contributed by atoms with Gasteiger partial charge in [-0.1, -0.05) is 13.5 Å². The molecular formula is C10H15N. The van der Waals surface area contributed by atoms with E-state index >= 15 is 0 Å². The van der Waals surface area contributed by atoms with Crippen molar-refractivity contribution in [2.75, 3.05) is 0 Å². The van der Waals surface area contributed by atoms with Crippen molar-refractivity contribution in [3.63, 3.8) is 0 Å². The molecule has 60 valence electrons. The van der Waals surface area contributed by atoms with Crippen molar-refractivity contribution in [2.24, 2.45) is 0 Å². The molecule has 1 rings (SSSR count). The SMILES string of the molecule is C=Cc1[nH]c(C)c(CC)c1C. The monoisotopic (exact) mass is 149 g/mol. The third-order valence-corrected chi connectivity index (χ3v) is 2.19. The summed E-state index contributed by atoms with van der Waals surface area (Å²) in [5.74, 6) is 0. The molecule has 0 radical (unpaired) electrons. The van der Waals surface area contributed by atoms with Gasteiger partial charge in [0, 0.05) is 11.4 Å². The first-order chi connectivity index (χ1) is 5.20. The van der Waals surface area contributed by atoms with Crippen molar-refractivity contribution in [3.05, 3.63) is 29.1 Å². The molecule has 0 unspecified atom stereocenters. The van der Waals surface area contributed by atoms with Crippen molar-refractivity contribution in [3.8, 4) is 0 Å². The van der Waals surface area contributed by atoms with Crippen molar-refractivity contribution < 1.29 is 0 Å². The summed E-state index contributed by atoms with van der Waals surface area (Å²) in [4.78, 5) is 3.30. The average Bonchev–Trinajstić information content (AvgIpc) is 2.26. The molecule has 1 N–H and O–H groups in total. The van der Waals surface area contributed by atoms with E-state index in [2.05, 4.69) is 32.3 Å². The van der Waals surface area contributed by atoms with Crippen LogP contribution in [-0.4, -0.2) is 4.98 Å². The molecule has 1 aromatic heterocycles. The Morgan fingerprint density at radius 3 is 2.36 bits per heavy atom. The summed E-state index contributed by atoms with van der Waals surface area (Å²) in [6, 6.07) is 0. The molecular weight excluding hydrogens is 134 g/mol. The van der Waals surface area contributed by atoms with Crippen molar-refractivity contribution in [1.29, 1.82) is 0 Å². The van der Waals surface area contributed by atoms with Crippen LogP contribution in [0.25, 0.3) is 6.08 Å². The normalized spacial score (nSPS) is 10.1. The van der Waals surface area contributed by atoms with Crippen LogP contribution in [0.3, 0.4) is 0 Å². The minimum absolute atomic E-state index is 1.10. The lowest BCUT2D eigenvalue weighted by Crippen LogP contribution is -1.82. The Balaban J connectivity index is 3.24. The number of aromatic nitrogens is 1. The molecule has 0 bridgehead atoms. The number of hydrogen-bond acceptors (Lipinski definition) is 0. The van der Waals surface area contributed by atoms with E-state index in [0.717, 1.165) is 6.42 Å². The van der Waals surface area contributed by atoms with E-state index in [-0.39, 0.29) is 0 Å². The molecule has 11 heavy (non-hydrogen) atoms. The highest BCUT2D eigenvalue weighted by Crippen LogP contribution is 2.18. The summed E-state index contributed by atoms with van der Waals surface area (Å²) >= 11 is 0. The third kappa shape index (κ3) is 1.23. The van der Waals surface area contributed by atoms with Gasteiger partial charge in [0.25, 0.3) is 0 Å². The molecule has 0 aliphatic heterocycles. The summed E-state index contributed by atoms with van der Waals surface area (Å²) < 4.78 is 0. The molecule has 0 aromatic carbocycles. The van der Waals surface area contributed by atoms with Crippen LogP contribution < -0.4 is 0 Å². The molecule has 0 spiro atoms. The van der Waals surface area contributed by atoms with Gasteiger partial charge >= 0.3 is 0 Å². The maximum atomic E-state index is 3.75. The van der Waals surface area contributed by atoms with Crippen LogP contribution in [0.5, 0.6) is 0 Å². The van der Waals surface area contributed by atoms with E-state index in [1.807, 2.05) is 6.08 Å². The fraction of sp³-hybridized carbons (Fsp3) is 0.400. The van der Waals surface area contributed by atoms with Gasteiger partial charge in [0.1, 0.15) is 0 Å². The maximum absolute atomic E-state index is 3.75. The largest absolute Gasteiger partial charge is 0.359 e. The molecule has 0 aliphatic rings. The fourth-order valence-electron chi connectivity index (χ4n) is 1.55. The van der Waals surface area contributed by atoms with Gasteiger partial charge in [-0.15, -0.1) is 0 Å². The van der Waals surface area contributed by atoms with Crippen LogP contribution in [0.15, 0.2) is 6.58 Å². The van der Waals surface area contributed by atoms with Crippen LogP contribution in [0, 0.1) is 13.8 Å². The van der Waals surface area contributed by atoms with E-state index < -0.39 is 0 Å². The maximum Gasteiger partial charge on any atom is 0.0408 e. The first kappa shape index (κ1) is 8.12. The number of aromatic amines is 1. The predicted octanol–water partition coefficient (Wildman–Crippen LogP) is 2.84. The van der Waals surface area contributed by atoms with Crippen molar-refractivity contribution in [2.45, 2.75) is 27.2 Å². The lowest BCUT2D eigenvalue weighted by molar-refractivity contribution is 1.08. The highest BCUT2D eigenvalue weighted by molar-refractivity contribution is 5.52. The predicted molar refractivity (Wildman–Crippen MR) is 49.7 cm³/mol. The second-order valence-electron chi connectivity index (χ2n) is 2.82. The molecule has 1 nitrogen and oxygen atoms in total. The Hall–Kier alpha value is -0.980. The molecule has 0 saturated heterocycles. The Morgan fingerprint density at radius 1 is 1.45 bits per heavy atom. The molecule has 0 atom stereocenters. The standard InChI is InChI=1S/C10H15N/c1-5-9-7(3)10(6-2)11-8(9)4/h6,11H,2,5H2,1,3-4H3. The number of H-pyrrole nitrogens is 1. The quantitative estimate of drug-likeness (QED) is 0.665. The van der Waals surface area contributed by atoms with E-state index in [1.54, 1.807) is 0 Å². The first-order valence-electron chi connectivity index (χ1n) is 4.01. The lowest BCUT2D eigenvalue weighted by atomic mass is 10.1. The number of nitrogens with one attached hydrogen (secondary N) is 1. The molecule has 0 amide bonds. The zero-order valence-electron chi connectivity index (χ0n) is 7.49.